The summed E-state index contributed by atoms with van der Waals surface area (Å²) in [5.74, 6) is -0.732. The topological polar surface area (TPSA) is 78.9 Å². The Morgan fingerprint density at radius 3 is 2.44 bits per heavy atom. The highest BCUT2D eigenvalue weighted by atomic mass is 16.6. The van der Waals surface area contributed by atoms with E-state index in [1.807, 2.05) is 0 Å². The third kappa shape index (κ3) is 2.96. The number of ether oxygens (including phenoxy) is 3. The van der Waals surface area contributed by atoms with Crippen LogP contribution in [0.1, 0.15) is 47.0 Å². The Labute approximate surface area is 147 Å². The van der Waals surface area contributed by atoms with E-state index < -0.39 is 23.6 Å². The van der Waals surface area contributed by atoms with Gasteiger partial charge in [0.15, 0.2) is 0 Å². The molecule has 0 unspecified atom stereocenters. The van der Waals surface area contributed by atoms with Gasteiger partial charge in [-0.3, -0.25) is 9.59 Å². The highest BCUT2D eigenvalue weighted by molar-refractivity contribution is 5.90. The van der Waals surface area contributed by atoms with Crippen molar-refractivity contribution in [2.75, 3.05) is 0 Å². The van der Waals surface area contributed by atoms with E-state index in [1.165, 1.54) is 13.8 Å². The average molecular weight is 350 g/mol. The van der Waals surface area contributed by atoms with E-state index in [-0.39, 0.29) is 35.8 Å². The standard InChI is InChI=1S/C19H26O6/c1-9-6-15-13(10(2)18(22)25-15)8-19(5)14(9)7-16(23-11(3)20)17(19)24-12(4)21/h9,13-17H,2,6-8H2,1,3-5H3/t9-,13+,14-,15+,16-,17-,19-/m0/s1. The molecule has 138 valence electrons. The van der Waals surface area contributed by atoms with E-state index in [0.29, 0.717) is 18.4 Å². The van der Waals surface area contributed by atoms with Gasteiger partial charge in [-0.2, -0.15) is 0 Å². The van der Waals surface area contributed by atoms with Crippen LogP contribution < -0.4 is 0 Å². The van der Waals surface area contributed by atoms with E-state index in [4.69, 9.17) is 14.2 Å². The minimum absolute atomic E-state index is 0.0842. The molecule has 3 aliphatic rings. The number of hydrogen-bond donors (Lipinski definition) is 0. The van der Waals surface area contributed by atoms with E-state index in [1.54, 1.807) is 0 Å². The van der Waals surface area contributed by atoms with Gasteiger partial charge in [-0.25, -0.2) is 4.79 Å². The molecular formula is C19H26O6. The first kappa shape index (κ1) is 18.0. The number of carbonyl (C=O) groups is 3. The molecule has 6 nitrogen and oxygen atoms in total. The lowest BCUT2D eigenvalue weighted by atomic mass is 9.69. The molecule has 0 N–H and O–H groups in total. The molecule has 6 heteroatoms. The Bertz CT molecular complexity index is 625. The molecule has 0 aromatic rings. The van der Waals surface area contributed by atoms with Crippen molar-refractivity contribution in [3.8, 4) is 0 Å². The second-order valence-corrected chi connectivity index (χ2v) is 8.02. The second kappa shape index (κ2) is 6.15. The van der Waals surface area contributed by atoms with E-state index >= 15 is 0 Å². The van der Waals surface area contributed by atoms with Crippen LogP contribution in [0.4, 0.5) is 0 Å². The molecule has 3 rings (SSSR count). The van der Waals surface area contributed by atoms with Crippen LogP contribution in [0, 0.1) is 23.2 Å². The van der Waals surface area contributed by atoms with Crippen LogP contribution in [-0.4, -0.2) is 36.2 Å². The Balaban J connectivity index is 1.97. The van der Waals surface area contributed by atoms with Gasteiger partial charge in [0.05, 0.1) is 0 Å². The molecule has 3 fully saturated rings. The molecular weight excluding hydrogens is 324 g/mol. The average Bonchev–Trinajstić information content (AvgIpc) is 2.85. The fourth-order valence-corrected chi connectivity index (χ4v) is 5.28. The van der Waals surface area contributed by atoms with E-state index in [9.17, 15) is 14.4 Å². The first-order valence-corrected chi connectivity index (χ1v) is 8.87. The summed E-state index contributed by atoms with van der Waals surface area (Å²) in [6.07, 6.45) is 0.880. The summed E-state index contributed by atoms with van der Waals surface area (Å²) in [4.78, 5) is 35.2. The van der Waals surface area contributed by atoms with Crippen molar-refractivity contribution < 1.29 is 28.6 Å². The van der Waals surface area contributed by atoms with E-state index in [0.717, 1.165) is 6.42 Å². The smallest absolute Gasteiger partial charge is 0.334 e. The summed E-state index contributed by atoms with van der Waals surface area (Å²) in [5, 5.41) is 0. The highest BCUT2D eigenvalue weighted by Gasteiger charge is 2.61. The van der Waals surface area contributed by atoms with Crippen LogP contribution in [-0.2, 0) is 28.6 Å². The SMILES string of the molecule is C=C1C(=O)O[C@@H]2C[C@H](C)[C@@H]3C[C@H](OC(C)=O)[C@H](OC(C)=O)[C@@]3(C)C[C@H]12. The molecule has 2 aliphatic carbocycles. The maximum absolute atomic E-state index is 11.9. The Morgan fingerprint density at radius 1 is 1.20 bits per heavy atom. The maximum Gasteiger partial charge on any atom is 0.334 e. The third-order valence-corrected chi connectivity index (χ3v) is 6.30. The van der Waals surface area contributed by atoms with Gasteiger partial charge in [-0.15, -0.1) is 0 Å². The summed E-state index contributed by atoms with van der Waals surface area (Å²) >= 11 is 0. The molecule has 0 bridgehead atoms. The number of rotatable bonds is 2. The quantitative estimate of drug-likeness (QED) is 0.432. The zero-order valence-electron chi connectivity index (χ0n) is 15.2. The van der Waals surface area contributed by atoms with Crippen molar-refractivity contribution in [1.82, 2.24) is 0 Å². The van der Waals surface area contributed by atoms with Crippen LogP contribution in [0.15, 0.2) is 12.2 Å². The Morgan fingerprint density at radius 2 is 1.84 bits per heavy atom. The predicted octanol–water partition coefficient (Wildman–Crippen LogP) is 2.40. The van der Waals surface area contributed by atoms with Crippen LogP contribution in [0.2, 0.25) is 0 Å². The summed E-state index contributed by atoms with van der Waals surface area (Å²) in [6, 6.07) is 0. The van der Waals surface area contributed by atoms with Gasteiger partial charge in [0, 0.05) is 30.8 Å². The summed E-state index contributed by atoms with van der Waals surface area (Å²) < 4.78 is 16.6. The van der Waals surface area contributed by atoms with Crippen LogP contribution in [0.25, 0.3) is 0 Å². The van der Waals surface area contributed by atoms with Crippen molar-refractivity contribution in [2.45, 2.75) is 65.3 Å². The van der Waals surface area contributed by atoms with Gasteiger partial charge in [0.1, 0.15) is 18.3 Å². The first-order chi connectivity index (χ1) is 11.6. The lowest BCUT2D eigenvalue weighted by Crippen LogP contribution is -2.42. The molecule has 0 aromatic heterocycles. The van der Waals surface area contributed by atoms with Gasteiger partial charge >= 0.3 is 17.9 Å². The fourth-order valence-electron chi connectivity index (χ4n) is 5.28. The third-order valence-electron chi connectivity index (χ3n) is 6.30. The zero-order chi connectivity index (χ0) is 18.5. The molecule has 0 spiro atoms. The minimum Gasteiger partial charge on any atom is -0.459 e. The van der Waals surface area contributed by atoms with Crippen molar-refractivity contribution in [2.24, 2.45) is 23.2 Å². The largest absolute Gasteiger partial charge is 0.459 e. The van der Waals surface area contributed by atoms with Crippen molar-refractivity contribution in [3.05, 3.63) is 12.2 Å². The predicted molar refractivity (Wildman–Crippen MR) is 88.2 cm³/mol. The van der Waals surface area contributed by atoms with Gasteiger partial charge in [-0.1, -0.05) is 20.4 Å². The molecule has 1 saturated heterocycles. The summed E-state index contributed by atoms with van der Waals surface area (Å²) in [7, 11) is 0. The van der Waals surface area contributed by atoms with E-state index in [2.05, 4.69) is 20.4 Å². The molecule has 7 atom stereocenters. The molecule has 0 radical (unpaired) electrons. The van der Waals surface area contributed by atoms with Crippen LogP contribution >= 0.6 is 0 Å². The number of carbonyl (C=O) groups excluding carboxylic acids is 3. The van der Waals surface area contributed by atoms with Crippen molar-refractivity contribution in [1.29, 1.82) is 0 Å². The molecule has 0 aromatic carbocycles. The Hall–Kier alpha value is -1.85. The number of fused-ring (bicyclic) bond motifs is 2. The normalized spacial score (nSPS) is 42.9. The minimum atomic E-state index is -0.524. The molecule has 2 saturated carbocycles. The lowest BCUT2D eigenvalue weighted by Gasteiger charge is -2.38. The zero-order valence-corrected chi connectivity index (χ0v) is 15.2. The van der Waals surface area contributed by atoms with Gasteiger partial charge < -0.3 is 14.2 Å². The first-order valence-electron chi connectivity index (χ1n) is 8.87. The molecule has 25 heavy (non-hydrogen) atoms. The fraction of sp³-hybridized carbons (Fsp3) is 0.737. The number of hydrogen-bond acceptors (Lipinski definition) is 6. The number of esters is 3. The van der Waals surface area contributed by atoms with Crippen molar-refractivity contribution in [3.63, 3.8) is 0 Å². The lowest BCUT2D eigenvalue weighted by molar-refractivity contribution is -0.170. The van der Waals surface area contributed by atoms with Crippen LogP contribution in [0.5, 0.6) is 0 Å². The summed E-state index contributed by atoms with van der Waals surface area (Å²) in [5.41, 5.74) is 0.0956. The van der Waals surface area contributed by atoms with Crippen molar-refractivity contribution >= 4 is 17.9 Å². The maximum atomic E-state index is 11.9. The second-order valence-electron chi connectivity index (χ2n) is 8.02. The Kier molecular flexibility index (Phi) is 4.41. The highest BCUT2D eigenvalue weighted by Crippen LogP contribution is 2.58. The van der Waals surface area contributed by atoms with Gasteiger partial charge in [0.25, 0.3) is 0 Å². The monoisotopic (exact) mass is 350 g/mol. The van der Waals surface area contributed by atoms with Gasteiger partial charge in [0.2, 0.25) is 0 Å². The van der Waals surface area contributed by atoms with Gasteiger partial charge in [-0.05, 0) is 31.1 Å². The molecule has 1 heterocycles. The molecule has 1 aliphatic heterocycles. The summed E-state index contributed by atoms with van der Waals surface area (Å²) in [6.45, 7) is 10.9. The molecule has 0 amide bonds. The van der Waals surface area contributed by atoms with Crippen LogP contribution in [0.3, 0.4) is 0 Å².